The molecule has 3 nitrogen and oxygen atoms in total. The van der Waals surface area contributed by atoms with Crippen LogP contribution in [0.5, 0.6) is 0 Å². The highest BCUT2D eigenvalue weighted by molar-refractivity contribution is 6.06. The van der Waals surface area contributed by atoms with Gasteiger partial charge >= 0.3 is 0 Å². The van der Waals surface area contributed by atoms with E-state index >= 15 is 0 Å². The van der Waals surface area contributed by atoms with Crippen LogP contribution in [-0.2, 0) is 4.74 Å². The van der Waals surface area contributed by atoms with Crippen LogP contribution in [0.1, 0.15) is 48.4 Å². The van der Waals surface area contributed by atoms with E-state index in [2.05, 4.69) is 5.32 Å². The van der Waals surface area contributed by atoms with E-state index in [4.69, 9.17) is 4.74 Å². The molecule has 2 rings (SSSR count). The number of allylic oxidation sites excluding steroid dienone is 1. The summed E-state index contributed by atoms with van der Waals surface area (Å²) in [7, 11) is 1.86. The first-order valence-corrected chi connectivity index (χ1v) is 8.69. The van der Waals surface area contributed by atoms with Crippen LogP contribution >= 0.6 is 0 Å². The molecule has 1 unspecified atom stereocenters. The molecule has 0 aliphatic heterocycles. The summed E-state index contributed by atoms with van der Waals surface area (Å²) in [6.07, 6.45) is 3.13. The van der Waals surface area contributed by atoms with Crippen molar-refractivity contribution >= 4 is 17.5 Å². The summed E-state index contributed by atoms with van der Waals surface area (Å²) in [5.74, 6) is -0.0623. The number of benzene rings is 2. The van der Waals surface area contributed by atoms with Crippen LogP contribution in [0, 0.1) is 0 Å². The normalized spacial score (nSPS) is 13.0. The Morgan fingerprint density at radius 1 is 1.15 bits per heavy atom. The minimum absolute atomic E-state index is 0.0317. The lowest BCUT2D eigenvalue weighted by molar-refractivity contribution is -0.00546. The molecule has 0 heterocycles. The van der Waals surface area contributed by atoms with Gasteiger partial charge in [0.2, 0.25) is 0 Å². The zero-order chi connectivity index (χ0) is 19.2. The van der Waals surface area contributed by atoms with Gasteiger partial charge in [0, 0.05) is 18.3 Å². The summed E-state index contributed by atoms with van der Waals surface area (Å²) < 4.78 is 19.1. The minimum atomic E-state index is -1.36. The number of carbonyl (C=O) groups is 1. The van der Waals surface area contributed by atoms with Crippen molar-refractivity contribution in [3.05, 3.63) is 71.3 Å². The molecule has 1 N–H and O–H groups in total. The Hall–Kier alpha value is -2.46. The Bertz CT molecular complexity index is 743. The molecule has 1 atom stereocenters. The number of ketones is 1. The molecular weight excluding hydrogens is 329 g/mol. The lowest BCUT2D eigenvalue weighted by Crippen LogP contribution is -2.21. The second-order valence-electron chi connectivity index (χ2n) is 6.86. The summed E-state index contributed by atoms with van der Waals surface area (Å²) in [6.45, 7) is 4.88. The maximum absolute atomic E-state index is 13.5. The Labute approximate surface area is 154 Å². The van der Waals surface area contributed by atoms with Crippen molar-refractivity contribution in [1.29, 1.82) is 0 Å². The smallest absolute Gasteiger partial charge is 0.185 e. The van der Waals surface area contributed by atoms with Crippen LogP contribution < -0.4 is 5.32 Å². The lowest BCUT2D eigenvalue weighted by atomic mass is 10.0. The number of halogens is 1. The molecule has 2 aromatic rings. The second-order valence-corrected chi connectivity index (χ2v) is 6.86. The van der Waals surface area contributed by atoms with Crippen molar-refractivity contribution in [3.8, 4) is 0 Å². The molecule has 26 heavy (non-hydrogen) atoms. The van der Waals surface area contributed by atoms with Gasteiger partial charge in [0.25, 0.3) is 0 Å². The lowest BCUT2D eigenvalue weighted by Gasteiger charge is -2.19. The van der Waals surface area contributed by atoms with Gasteiger partial charge in [0.1, 0.15) is 5.67 Å². The van der Waals surface area contributed by atoms with Crippen LogP contribution in [0.25, 0.3) is 6.08 Å². The third-order valence-electron chi connectivity index (χ3n) is 3.97. The average Bonchev–Trinajstić information content (AvgIpc) is 2.64. The molecule has 138 valence electrons. The zero-order valence-corrected chi connectivity index (χ0v) is 15.8. The van der Waals surface area contributed by atoms with Gasteiger partial charge in [0.15, 0.2) is 5.78 Å². The van der Waals surface area contributed by atoms with Gasteiger partial charge in [0.05, 0.1) is 12.7 Å². The van der Waals surface area contributed by atoms with E-state index in [-0.39, 0.29) is 18.5 Å². The number of hydrogen-bond donors (Lipinski definition) is 1. The van der Waals surface area contributed by atoms with Gasteiger partial charge in [-0.3, -0.25) is 4.79 Å². The largest absolute Gasteiger partial charge is 0.388 e. The van der Waals surface area contributed by atoms with Crippen LogP contribution in [0.3, 0.4) is 0 Å². The van der Waals surface area contributed by atoms with Gasteiger partial charge in [-0.15, -0.1) is 0 Å². The Morgan fingerprint density at radius 3 is 2.31 bits per heavy atom. The van der Waals surface area contributed by atoms with Crippen molar-refractivity contribution in [3.63, 3.8) is 0 Å². The molecule has 2 aromatic carbocycles. The number of anilines is 1. The molecule has 0 bridgehead atoms. The Morgan fingerprint density at radius 2 is 1.77 bits per heavy atom. The molecular formula is C22H26FNO2. The molecule has 0 spiro atoms. The number of alkyl halides is 1. The first kappa shape index (κ1) is 19.9. The van der Waals surface area contributed by atoms with E-state index in [1.54, 1.807) is 24.3 Å². The van der Waals surface area contributed by atoms with Crippen molar-refractivity contribution in [2.75, 3.05) is 19.0 Å². The zero-order valence-electron chi connectivity index (χ0n) is 15.8. The highest BCUT2D eigenvalue weighted by Gasteiger charge is 2.18. The molecule has 0 amide bonds. The Balaban J connectivity index is 1.98. The summed E-state index contributed by atoms with van der Waals surface area (Å²) in [5.41, 5.74) is 2.15. The van der Waals surface area contributed by atoms with Crippen LogP contribution in [0.2, 0.25) is 0 Å². The van der Waals surface area contributed by atoms with Crippen molar-refractivity contribution < 1.29 is 13.9 Å². The Kier molecular flexibility index (Phi) is 6.70. The summed E-state index contributed by atoms with van der Waals surface area (Å²) in [5, 5.41) is 3.05. The van der Waals surface area contributed by atoms with E-state index < -0.39 is 5.67 Å². The van der Waals surface area contributed by atoms with Gasteiger partial charge < -0.3 is 10.1 Å². The fraction of sp³-hybridized carbons (Fsp3) is 0.318. The van der Waals surface area contributed by atoms with E-state index in [1.165, 1.54) is 13.8 Å². The predicted molar refractivity (Wildman–Crippen MR) is 105 cm³/mol. The highest BCUT2D eigenvalue weighted by Crippen LogP contribution is 2.21. The number of carbonyl (C=O) groups excluding carboxylic acids is 1. The molecule has 0 aliphatic carbocycles. The molecule has 4 heteroatoms. The molecule has 0 aliphatic rings. The average molecular weight is 355 g/mol. The quantitative estimate of drug-likeness (QED) is 0.505. The van der Waals surface area contributed by atoms with Crippen LogP contribution in [0.4, 0.5) is 10.1 Å². The SMILES string of the molecule is CNc1ccc(/C=C/C(=O)c2ccc(C(C)OCC(C)(C)F)cc2)cc1. The number of nitrogens with one attached hydrogen (secondary N) is 1. The number of hydrogen-bond acceptors (Lipinski definition) is 3. The summed E-state index contributed by atoms with van der Waals surface area (Å²) in [6, 6.07) is 15.0. The van der Waals surface area contributed by atoms with Gasteiger partial charge in [-0.1, -0.05) is 42.5 Å². The van der Waals surface area contributed by atoms with Crippen molar-refractivity contribution in [1.82, 2.24) is 0 Å². The summed E-state index contributed by atoms with van der Waals surface area (Å²) in [4.78, 5) is 12.3. The van der Waals surface area contributed by atoms with E-state index in [9.17, 15) is 9.18 Å². The molecule has 0 fully saturated rings. The fourth-order valence-electron chi connectivity index (χ4n) is 2.37. The first-order valence-electron chi connectivity index (χ1n) is 8.69. The topological polar surface area (TPSA) is 38.3 Å². The maximum atomic E-state index is 13.5. The first-order chi connectivity index (χ1) is 12.3. The van der Waals surface area contributed by atoms with Crippen molar-refractivity contribution in [2.45, 2.75) is 32.5 Å². The highest BCUT2D eigenvalue weighted by atomic mass is 19.1. The predicted octanol–water partition coefficient (Wildman–Crippen LogP) is 5.45. The molecule has 0 aromatic heterocycles. The molecule has 0 saturated carbocycles. The monoisotopic (exact) mass is 355 g/mol. The van der Waals surface area contributed by atoms with E-state index in [1.807, 2.05) is 50.4 Å². The number of rotatable bonds is 8. The van der Waals surface area contributed by atoms with Crippen LogP contribution in [0.15, 0.2) is 54.6 Å². The fourth-order valence-corrected chi connectivity index (χ4v) is 2.37. The third kappa shape index (κ3) is 6.12. The maximum Gasteiger partial charge on any atom is 0.185 e. The molecule has 0 saturated heterocycles. The van der Waals surface area contributed by atoms with E-state index in [0.717, 1.165) is 16.8 Å². The van der Waals surface area contributed by atoms with Gasteiger partial charge in [-0.05, 0) is 50.1 Å². The minimum Gasteiger partial charge on any atom is -0.388 e. The summed E-state index contributed by atoms with van der Waals surface area (Å²) >= 11 is 0. The molecule has 0 radical (unpaired) electrons. The van der Waals surface area contributed by atoms with Gasteiger partial charge in [-0.25, -0.2) is 4.39 Å². The second kappa shape index (κ2) is 8.77. The van der Waals surface area contributed by atoms with E-state index in [0.29, 0.717) is 5.56 Å². The number of ether oxygens (including phenoxy) is 1. The standard InChI is InChI=1S/C22H26FNO2/c1-16(26-15-22(2,3)23)18-8-10-19(11-9-18)21(25)14-7-17-5-12-20(24-4)13-6-17/h5-14,16,24H,15H2,1-4H3/b14-7+. The van der Waals surface area contributed by atoms with Crippen LogP contribution in [-0.4, -0.2) is 25.1 Å². The van der Waals surface area contributed by atoms with Gasteiger partial charge in [-0.2, -0.15) is 0 Å². The van der Waals surface area contributed by atoms with Crippen molar-refractivity contribution in [2.24, 2.45) is 0 Å². The third-order valence-corrected chi connectivity index (χ3v) is 3.97.